The van der Waals surface area contributed by atoms with Crippen molar-refractivity contribution in [3.8, 4) is 11.6 Å². The zero-order valence-electron chi connectivity index (χ0n) is 13.1. The summed E-state index contributed by atoms with van der Waals surface area (Å²) in [6, 6.07) is 10.0. The van der Waals surface area contributed by atoms with Gasteiger partial charge in [0.1, 0.15) is 5.75 Å². The highest BCUT2D eigenvalue weighted by atomic mass is 16.5. The van der Waals surface area contributed by atoms with Crippen LogP contribution in [0.4, 0.5) is 5.69 Å². The third kappa shape index (κ3) is 3.66. The number of benzene rings is 1. The molecule has 0 bridgehead atoms. The van der Waals surface area contributed by atoms with Crippen LogP contribution in [0.2, 0.25) is 0 Å². The first-order chi connectivity index (χ1) is 10.2. The molecule has 0 atom stereocenters. The molecule has 4 nitrogen and oxygen atoms in total. The van der Waals surface area contributed by atoms with E-state index in [-0.39, 0.29) is 0 Å². The molecule has 1 aromatic heterocycles. The number of pyridine rings is 1. The van der Waals surface area contributed by atoms with Gasteiger partial charge >= 0.3 is 0 Å². The summed E-state index contributed by atoms with van der Waals surface area (Å²) in [7, 11) is 3.32. The molecule has 0 amide bonds. The first-order valence-electron chi connectivity index (χ1n) is 7.09. The minimum atomic E-state index is 0.663. The minimum absolute atomic E-state index is 0.663. The van der Waals surface area contributed by atoms with Crippen molar-refractivity contribution in [2.45, 2.75) is 26.8 Å². The first-order valence-corrected chi connectivity index (χ1v) is 7.09. The average molecular weight is 286 g/mol. The van der Waals surface area contributed by atoms with E-state index in [2.05, 4.69) is 23.3 Å². The molecule has 0 fully saturated rings. The van der Waals surface area contributed by atoms with E-state index in [1.165, 1.54) is 5.56 Å². The van der Waals surface area contributed by atoms with Crippen molar-refractivity contribution >= 4 is 5.69 Å². The Hall–Kier alpha value is -2.23. The van der Waals surface area contributed by atoms with Gasteiger partial charge in [-0.2, -0.15) is 0 Å². The molecule has 0 saturated carbocycles. The van der Waals surface area contributed by atoms with Crippen LogP contribution < -0.4 is 14.8 Å². The fraction of sp³-hybridized carbons (Fsp3) is 0.353. The Bertz CT molecular complexity index is 612. The maximum atomic E-state index is 5.38. The largest absolute Gasteiger partial charge is 0.497 e. The number of rotatable bonds is 6. The van der Waals surface area contributed by atoms with Crippen LogP contribution in [0.15, 0.2) is 30.3 Å². The molecule has 1 aromatic carbocycles. The van der Waals surface area contributed by atoms with Crippen LogP contribution in [0.1, 0.15) is 23.7 Å². The highest BCUT2D eigenvalue weighted by molar-refractivity contribution is 5.49. The second-order valence-electron chi connectivity index (χ2n) is 4.84. The van der Waals surface area contributed by atoms with Gasteiger partial charge in [0.15, 0.2) is 0 Å². The molecule has 0 unspecified atom stereocenters. The second-order valence-corrected chi connectivity index (χ2v) is 4.84. The van der Waals surface area contributed by atoms with Crippen LogP contribution in [-0.2, 0) is 13.0 Å². The summed E-state index contributed by atoms with van der Waals surface area (Å²) in [5.74, 6) is 1.52. The number of ether oxygens (including phenoxy) is 2. The van der Waals surface area contributed by atoms with Crippen LogP contribution in [-0.4, -0.2) is 19.2 Å². The lowest BCUT2D eigenvalue weighted by Gasteiger charge is -2.13. The maximum Gasteiger partial charge on any atom is 0.218 e. The SMILES string of the molecule is CCc1cc(CNc2cccc(OC)c2)c(OC)nc1C. The van der Waals surface area contributed by atoms with Crippen molar-refractivity contribution in [2.24, 2.45) is 0 Å². The number of aryl methyl sites for hydroxylation is 2. The van der Waals surface area contributed by atoms with E-state index in [1.807, 2.05) is 31.2 Å². The normalized spacial score (nSPS) is 10.3. The number of nitrogens with one attached hydrogen (secondary N) is 1. The number of hydrogen-bond donors (Lipinski definition) is 1. The van der Waals surface area contributed by atoms with Gasteiger partial charge in [0.05, 0.1) is 14.2 Å². The van der Waals surface area contributed by atoms with Crippen LogP contribution >= 0.6 is 0 Å². The van der Waals surface area contributed by atoms with Gasteiger partial charge in [-0.3, -0.25) is 0 Å². The summed E-state index contributed by atoms with van der Waals surface area (Å²) in [6.07, 6.45) is 0.967. The molecule has 112 valence electrons. The standard InChI is InChI=1S/C17H22N2O2/c1-5-13-9-14(17(21-4)19-12(13)2)11-18-15-7-6-8-16(10-15)20-3/h6-10,18H,5,11H2,1-4H3. The van der Waals surface area contributed by atoms with Crippen molar-refractivity contribution in [3.63, 3.8) is 0 Å². The van der Waals surface area contributed by atoms with Crippen LogP contribution in [0.25, 0.3) is 0 Å². The first kappa shape index (κ1) is 15.2. The Morgan fingerprint density at radius 3 is 2.57 bits per heavy atom. The summed E-state index contributed by atoms with van der Waals surface area (Å²) in [4.78, 5) is 4.52. The van der Waals surface area contributed by atoms with Crippen LogP contribution in [0.5, 0.6) is 11.6 Å². The van der Waals surface area contributed by atoms with E-state index in [4.69, 9.17) is 9.47 Å². The Morgan fingerprint density at radius 2 is 1.90 bits per heavy atom. The molecule has 1 N–H and O–H groups in total. The maximum absolute atomic E-state index is 5.38. The predicted octanol–water partition coefficient (Wildman–Crippen LogP) is 3.58. The van der Waals surface area contributed by atoms with Gasteiger partial charge < -0.3 is 14.8 Å². The Balaban J connectivity index is 2.18. The molecule has 0 aliphatic carbocycles. The number of aromatic nitrogens is 1. The van der Waals surface area contributed by atoms with Crippen molar-refractivity contribution in [1.29, 1.82) is 0 Å². The van der Waals surface area contributed by atoms with Gasteiger partial charge in [-0.25, -0.2) is 4.98 Å². The van der Waals surface area contributed by atoms with E-state index >= 15 is 0 Å². The summed E-state index contributed by atoms with van der Waals surface area (Å²) < 4.78 is 10.6. The molecule has 4 heteroatoms. The lowest BCUT2D eigenvalue weighted by molar-refractivity contribution is 0.391. The molecule has 0 radical (unpaired) electrons. The van der Waals surface area contributed by atoms with Gasteiger partial charge in [-0.05, 0) is 37.1 Å². The van der Waals surface area contributed by atoms with Crippen LogP contribution in [0.3, 0.4) is 0 Å². The van der Waals surface area contributed by atoms with Gasteiger partial charge in [0, 0.05) is 29.6 Å². The highest BCUT2D eigenvalue weighted by Gasteiger charge is 2.09. The van der Waals surface area contributed by atoms with Crippen molar-refractivity contribution in [2.75, 3.05) is 19.5 Å². The lowest BCUT2D eigenvalue weighted by atomic mass is 10.1. The van der Waals surface area contributed by atoms with Gasteiger partial charge in [0.25, 0.3) is 0 Å². The molecular formula is C17H22N2O2. The molecule has 2 rings (SSSR count). The summed E-state index contributed by atoms with van der Waals surface area (Å²) in [6.45, 7) is 4.81. The molecular weight excluding hydrogens is 264 g/mol. The van der Waals surface area contributed by atoms with E-state index in [1.54, 1.807) is 14.2 Å². The molecule has 2 aromatic rings. The molecule has 0 aliphatic rings. The van der Waals surface area contributed by atoms with E-state index in [0.29, 0.717) is 12.4 Å². The zero-order valence-corrected chi connectivity index (χ0v) is 13.1. The monoisotopic (exact) mass is 286 g/mol. The van der Waals surface area contributed by atoms with Crippen LogP contribution in [0, 0.1) is 6.92 Å². The topological polar surface area (TPSA) is 43.4 Å². The quantitative estimate of drug-likeness (QED) is 0.881. The van der Waals surface area contributed by atoms with Crippen molar-refractivity contribution in [1.82, 2.24) is 4.98 Å². The van der Waals surface area contributed by atoms with Crippen molar-refractivity contribution < 1.29 is 9.47 Å². The van der Waals surface area contributed by atoms with Crippen molar-refractivity contribution in [3.05, 3.63) is 47.2 Å². The summed E-state index contributed by atoms with van der Waals surface area (Å²) >= 11 is 0. The predicted molar refractivity (Wildman–Crippen MR) is 85.2 cm³/mol. The van der Waals surface area contributed by atoms with E-state index in [0.717, 1.165) is 29.1 Å². The minimum Gasteiger partial charge on any atom is -0.497 e. The molecule has 1 heterocycles. The van der Waals surface area contributed by atoms with E-state index < -0.39 is 0 Å². The number of anilines is 1. The average Bonchev–Trinajstić information content (AvgIpc) is 2.53. The lowest BCUT2D eigenvalue weighted by Crippen LogP contribution is -2.06. The number of nitrogens with zero attached hydrogens (tertiary/aromatic N) is 1. The summed E-state index contributed by atoms with van der Waals surface area (Å²) in [5, 5.41) is 3.38. The number of methoxy groups -OCH3 is 2. The summed E-state index contributed by atoms with van der Waals surface area (Å²) in [5.41, 5.74) is 4.34. The Labute approximate surface area is 126 Å². The third-order valence-corrected chi connectivity index (χ3v) is 3.48. The van der Waals surface area contributed by atoms with Gasteiger partial charge in [0.2, 0.25) is 5.88 Å². The zero-order chi connectivity index (χ0) is 15.2. The van der Waals surface area contributed by atoms with Gasteiger partial charge in [-0.15, -0.1) is 0 Å². The Kier molecular flexibility index (Phi) is 5.04. The second kappa shape index (κ2) is 6.97. The van der Waals surface area contributed by atoms with Gasteiger partial charge in [-0.1, -0.05) is 13.0 Å². The van der Waals surface area contributed by atoms with E-state index in [9.17, 15) is 0 Å². The third-order valence-electron chi connectivity index (χ3n) is 3.48. The molecule has 21 heavy (non-hydrogen) atoms. The smallest absolute Gasteiger partial charge is 0.218 e. The Morgan fingerprint density at radius 1 is 1.10 bits per heavy atom. The molecule has 0 saturated heterocycles. The number of hydrogen-bond acceptors (Lipinski definition) is 4. The fourth-order valence-corrected chi connectivity index (χ4v) is 2.26. The fourth-order valence-electron chi connectivity index (χ4n) is 2.26. The molecule has 0 aliphatic heterocycles. The molecule has 0 spiro atoms. The highest BCUT2D eigenvalue weighted by Crippen LogP contribution is 2.22.